The number of benzene rings is 5. The zero-order valence-corrected chi connectivity index (χ0v) is 31.8. The molecule has 0 amide bonds. The van der Waals surface area contributed by atoms with Crippen LogP contribution in [0.15, 0.2) is 211 Å². The Morgan fingerprint density at radius 2 is 1.49 bits per heavy atom. The maximum atomic E-state index is 5.35. The second kappa shape index (κ2) is 14.4. The van der Waals surface area contributed by atoms with Gasteiger partial charge < -0.3 is 9.88 Å². The summed E-state index contributed by atoms with van der Waals surface area (Å²) < 4.78 is 4.55. The fourth-order valence-corrected chi connectivity index (χ4v) is 8.49. The predicted molar refractivity (Wildman–Crippen MR) is 239 cm³/mol. The molecular weight excluding hydrogens is 695 g/mol. The summed E-state index contributed by atoms with van der Waals surface area (Å²) in [5.74, 6) is 0. The Hall–Kier alpha value is -7.24. The van der Waals surface area contributed by atoms with Crippen LogP contribution >= 0.6 is 0 Å². The van der Waals surface area contributed by atoms with E-state index in [4.69, 9.17) is 10.1 Å². The fourth-order valence-electron chi connectivity index (χ4n) is 8.49. The summed E-state index contributed by atoms with van der Waals surface area (Å²) in [7, 11) is 0. The number of fused-ring (bicyclic) bond motifs is 5. The largest absolute Gasteiger partial charge is 0.360 e. The van der Waals surface area contributed by atoms with Crippen LogP contribution in [-0.2, 0) is 0 Å². The summed E-state index contributed by atoms with van der Waals surface area (Å²) in [5.41, 5.74) is 14.4. The Kier molecular flexibility index (Phi) is 8.68. The molecule has 1 N–H and O–H groups in total. The Balaban J connectivity index is 1.19. The van der Waals surface area contributed by atoms with Crippen LogP contribution in [0.5, 0.6) is 0 Å². The SMILES string of the molecule is C=CC1=C(c2cc3c(cc2C)c2c4cnn(-c5ccccc5)c4ccc2n3C2C=CC=CC(C3N=C(c4ccccc4)C=C(c4ccccc4)N3)=C2)C=CCC=C1. The van der Waals surface area contributed by atoms with Crippen LogP contribution in [0.25, 0.3) is 49.7 Å². The van der Waals surface area contributed by atoms with Crippen molar-refractivity contribution in [2.75, 3.05) is 0 Å². The minimum Gasteiger partial charge on any atom is -0.360 e. The van der Waals surface area contributed by atoms with Gasteiger partial charge >= 0.3 is 0 Å². The number of rotatable bonds is 7. The van der Waals surface area contributed by atoms with Gasteiger partial charge in [-0.15, -0.1) is 0 Å². The van der Waals surface area contributed by atoms with E-state index >= 15 is 0 Å². The molecule has 3 aliphatic rings. The summed E-state index contributed by atoms with van der Waals surface area (Å²) in [6.07, 6.45) is 26.8. The molecule has 0 bridgehead atoms. The molecule has 5 heteroatoms. The predicted octanol–water partition coefficient (Wildman–Crippen LogP) is 12.0. The number of nitrogens with one attached hydrogen (secondary N) is 1. The van der Waals surface area contributed by atoms with E-state index in [0.717, 1.165) is 67.7 Å². The van der Waals surface area contributed by atoms with Gasteiger partial charge in [-0.3, -0.25) is 4.99 Å². The second-order valence-electron chi connectivity index (χ2n) is 14.7. The summed E-state index contributed by atoms with van der Waals surface area (Å²) in [6, 6.07) is 40.5. The Bertz CT molecular complexity index is 2960. The molecule has 0 spiro atoms. The number of aryl methyl sites for hydroxylation is 1. The van der Waals surface area contributed by atoms with Gasteiger partial charge in [0.05, 0.1) is 40.2 Å². The first-order chi connectivity index (χ1) is 28.1. The summed E-state index contributed by atoms with van der Waals surface area (Å²) >= 11 is 0. The third-order valence-electron chi connectivity index (χ3n) is 11.2. The highest BCUT2D eigenvalue weighted by molar-refractivity contribution is 6.21. The maximum absolute atomic E-state index is 5.35. The van der Waals surface area contributed by atoms with E-state index in [1.54, 1.807) is 0 Å². The normalized spacial score (nSPS) is 18.0. The lowest BCUT2D eigenvalue weighted by atomic mass is 9.94. The topological polar surface area (TPSA) is 47.1 Å². The van der Waals surface area contributed by atoms with E-state index in [1.165, 1.54) is 27.5 Å². The zero-order valence-electron chi connectivity index (χ0n) is 31.8. The molecule has 274 valence electrons. The third-order valence-corrected chi connectivity index (χ3v) is 11.2. The number of aliphatic imine (C=N–C) groups is 1. The van der Waals surface area contributed by atoms with E-state index in [2.05, 4.69) is 187 Å². The standard InChI is InChI=1S/C52H41N5/c1-3-36-18-8-6-15-27-42(36)43-32-50-44(30-35(43)2)51-45-34-53-57(40-24-13-7-14-25-40)48(45)28-29-49(51)56(50)41-26-17-16-23-39(31-41)52-54-46(37-19-9-4-10-20-37)33-47(55-52)38-21-11-5-12-22-38/h3-5,7-34,41,52,54H,1,6H2,2H3. The smallest absolute Gasteiger partial charge is 0.145 e. The third kappa shape index (κ3) is 6.14. The second-order valence-corrected chi connectivity index (χ2v) is 14.7. The van der Waals surface area contributed by atoms with Crippen molar-refractivity contribution in [1.82, 2.24) is 19.7 Å². The number of hydrogen-bond donors (Lipinski definition) is 1. The van der Waals surface area contributed by atoms with E-state index in [0.29, 0.717) is 0 Å². The fraction of sp³-hybridized carbons (Fsp3) is 0.0769. The van der Waals surface area contributed by atoms with Crippen LogP contribution in [-0.4, -0.2) is 26.2 Å². The van der Waals surface area contributed by atoms with Gasteiger partial charge in [0, 0.05) is 21.9 Å². The minimum atomic E-state index is -0.302. The Morgan fingerprint density at radius 3 is 2.28 bits per heavy atom. The van der Waals surface area contributed by atoms with Gasteiger partial charge in [0.1, 0.15) is 6.17 Å². The molecule has 5 aromatic carbocycles. The van der Waals surface area contributed by atoms with Gasteiger partial charge in [0.15, 0.2) is 0 Å². The highest BCUT2D eigenvalue weighted by Crippen LogP contribution is 2.41. The number of hydrogen-bond acceptors (Lipinski definition) is 3. The summed E-state index contributed by atoms with van der Waals surface area (Å²) in [4.78, 5) is 5.35. The maximum Gasteiger partial charge on any atom is 0.145 e. The molecule has 1 aliphatic heterocycles. The molecule has 2 unspecified atom stereocenters. The molecule has 3 heterocycles. The molecule has 0 radical (unpaired) electrons. The van der Waals surface area contributed by atoms with Crippen LogP contribution < -0.4 is 5.32 Å². The number of para-hydroxylation sites is 1. The molecule has 0 saturated heterocycles. The van der Waals surface area contributed by atoms with Crippen molar-refractivity contribution in [3.63, 3.8) is 0 Å². The first-order valence-corrected chi connectivity index (χ1v) is 19.6. The monoisotopic (exact) mass is 735 g/mol. The average molecular weight is 736 g/mol. The van der Waals surface area contributed by atoms with E-state index < -0.39 is 0 Å². The molecule has 0 saturated carbocycles. The lowest BCUT2D eigenvalue weighted by Crippen LogP contribution is -2.32. The van der Waals surface area contributed by atoms with Crippen LogP contribution in [0.1, 0.15) is 34.7 Å². The number of nitrogens with zero attached hydrogens (tertiary/aromatic N) is 4. The van der Waals surface area contributed by atoms with Crippen LogP contribution in [0, 0.1) is 6.92 Å². The summed E-state index contributed by atoms with van der Waals surface area (Å²) in [6.45, 7) is 6.42. The molecule has 7 aromatic rings. The Morgan fingerprint density at radius 1 is 0.754 bits per heavy atom. The van der Waals surface area contributed by atoms with Gasteiger partial charge in [-0.2, -0.15) is 5.10 Å². The first-order valence-electron chi connectivity index (χ1n) is 19.6. The van der Waals surface area contributed by atoms with Gasteiger partial charge in [0.2, 0.25) is 0 Å². The Labute approximate surface area is 332 Å². The van der Waals surface area contributed by atoms with Crippen molar-refractivity contribution in [2.24, 2.45) is 4.99 Å². The molecule has 5 nitrogen and oxygen atoms in total. The average Bonchev–Trinajstić information content (AvgIpc) is 3.60. The number of aromatic nitrogens is 3. The molecule has 10 rings (SSSR count). The highest BCUT2D eigenvalue weighted by Gasteiger charge is 2.25. The van der Waals surface area contributed by atoms with E-state index in [9.17, 15) is 0 Å². The minimum absolute atomic E-state index is 0.118. The van der Waals surface area contributed by atoms with Crippen LogP contribution in [0.4, 0.5) is 0 Å². The van der Waals surface area contributed by atoms with Crippen molar-refractivity contribution in [3.05, 3.63) is 228 Å². The van der Waals surface area contributed by atoms with Gasteiger partial charge in [0.25, 0.3) is 0 Å². The molecule has 2 aromatic heterocycles. The van der Waals surface area contributed by atoms with E-state index in [1.807, 2.05) is 29.1 Å². The number of allylic oxidation sites excluding steroid dienone is 12. The van der Waals surface area contributed by atoms with Gasteiger partial charge in [-0.25, -0.2) is 4.68 Å². The van der Waals surface area contributed by atoms with Crippen molar-refractivity contribution >= 4 is 49.7 Å². The first kappa shape index (κ1) is 34.3. The van der Waals surface area contributed by atoms with E-state index in [-0.39, 0.29) is 12.2 Å². The molecule has 2 aliphatic carbocycles. The van der Waals surface area contributed by atoms with Crippen molar-refractivity contribution in [3.8, 4) is 5.69 Å². The lowest BCUT2D eigenvalue weighted by Gasteiger charge is -2.26. The van der Waals surface area contributed by atoms with Crippen LogP contribution in [0.3, 0.4) is 0 Å². The van der Waals surface area contributed by atoms with Crippen LogP contribution in [0.2, 0.25) is 0 Å². The zero-order chi connectivity index (χ0) is 38.3. The highest BCUT2D eigenvalue weighted by atomic mass is 15.3. The molecule has 0 fully saturated rings. The molecule has 57 heavy (non-hydrogen) atoms. The van der Waals surface area contributed by atoms with Gasteiger partial charge in [-0.05, 0) is 94.8 Å². The lowest BCUT2D eigenvalue weighted by molar-refractivity contribution is 0.700. The molecule has 2 atom stereocenters. The van der Waals surface area contributed by atoms with Gasteiger partial charge in [-0.1, -0.05) is 146 Å². The van der Waals surface area contributed by atoms with Crippen molar-refractivity contribution in [1.29, 1.82) is 0 Å². The van der Waals surface area contributed by atoms with Crippen molar-refractivity contribution < 1.29 is 0 Å². The summed E-state index contributed by atoms with van der Waals surface area (Å²) in [5, 5.41) is 12.3. The van der Waals surface area contributed by atoms with Crippen molar-refractivity contribution in [2.45, 2.75) is 25.6 Å². The quantitative estimate of drug-likeness (QED) is 0.177. The molecular formula is C52H41N5.